The summed E-state index contributed by atoms with van der Waals surface area (Å²) in [6.07, 6.45) is 0. The Kier molecular flexibility index (Phi) is 6.86. The molecule has 0 aliphatic carbocycles. The van der Waals surface area contributed by atoms with Crippen LogP contribution >= 0.6 is 0 Å². The number of ether oxygens (including phenoxy) is 1. The third-order valence-corrected chi connectivity index (χ3v) is 3.77. The molecule has 146 valence electrons. The number of para-hydroxylation sites is 1. The first-order valence-corrected chi connectivity index (χ1v) is 8.44. The number of hydrogen-bond acceptors (Lipinski definition) is 5. The SMILES string of the molecule is COC(=O)c1ccccc1NC(=O)CN(C(C)=O)c1cccc(NC(C)=O)c1. The van der Waals surface area contributed by atoms with Crippen LogP contribution in [0.3, 0.4) is 0 Å². The third-order valence-electron chi connectivity index (χ3n) is 3.77. The predicted molar refractivity (Wildman–Crippen MR) is 105 cm³/mol. The number of methoxy groups -OCH3 is 1. The predicted octanol–water partition coefficient (Wildman–Crippen LogP) is 2.42. The number of anilines is 3. The molecule has 0 saturated heterocycles. The molecule has 0 saturated carbocycles. The van der Waals surface area contributed by atoms with Gasteiger partial charge in [-0.15, -0.1) is 0 Å². The molecule has 0 atom stereocenters. The van der Waals surface area contributed by atoms with Crippen molar-refractivity contribution in [2.24, 2.45) is 0 Å². The van der Waals surface area contributed by atoms with Crippen molar-refractivity contribution in [1.29, 1.82) is 0 Å². The van der Waals surface area contributed by atoms with Crippen molar-refractivity contribution in [3.05, 3.63) is 54.1 Å². The Hall–Kier alpha value is -3.68. The van der Waals surface area contributed by atoms with E-state index in [9.17, 15) is 19.2 Å². The second kappa shape index (κ2) is 9.31. The average molecular weight is 383 g/mol. The van der Waals surface area contributed by atoms with Crippen molar-refractivity contribution < 1.29 is 23.9 Å². The van der Waals surface area contributed by atoms with Crippen LogP contribution in [0.4, 0.5) is 17.1 Å². The number of nitrogens with one attached hydrogen (secondary N) is 2. The molecule has 28 heavy (non-hydrogen) atoms. The summed E-state index contributed by atoms with van der Waals surface area (Å²) in [5.74, 6) is -1.67. The number of benzene rings is 2. The van der Waals surface area contributed by atoms with E-state index >= 15 is 0 Å². The summed E-state index contributed by atoms with van der Waals surface area (Å²) in [6, 6.07) is 13.0. The molecule has 2 rings (SSSR count). The Balaban J connectivity index is 2.20. The molecule has 0 bridgehead atoms. The first-order valence-electron chi connectivity index (χ1n) is 8.44. The Morgan fingerprint density at radius 1 is 0.964 bits per heavy atom. The zero-order valence-corrected chi connectivity index (χ0v) is 15.8. The number of amides is 3. The standard InChI is InChI=1S/C20H21N3O5/c1-13(24)21-15-7-6-8-16(11-15)23(14(2)25)12-19(26)22-18-10-5-4-9-17(18)20(27)28-3/h4-11H,12H2,1-3H3,(H,21,24)(H,22,26). The maximum Gasteiger partial charge on any atom is 0.339 e. The van der Waals surface area contributed by atoms with E-state index in [0.29, 0.717) is 11.4 Å². The van der Waals surface area contributed by atoms with Gasteiger partial charge < -0.3 is 20.3 Å². The fourth-order valence-electron chi connectivity index (χ4n) is 2.55. The number of nitrogens with zero attached hydrogens (tertiary/aromatic N) is 1. The Bertz CT molecular complexity index is 910. The van der Waals surface area contributed by atoms with Gasteiger partial charge in [0, 0.05) is 25.2 Å². The highest BCUT2D eigenvalue weighted by atomic mass is 16.5. The van der Waals surface area contributed by atoms with Crippen LogP contribution in [-0.2, 0) is 19.1 Å². The quantitative estimate of drug-likeness (QED) is 0.746. The van der Waals surface area contributed by atoms with Crippen LogP contribution in [0.25, 0.3) is 0 Å². The summed E-state index contributed by atoms with van der Waals surface area (Å²) >= 11 is 0. The molecule has 0 unspecified atom stereocenters. The van der Waals surface area contributed by atoms with E-state index in [4.69, 9.17) is 4.74 Å². The first-order chi connectivity index (χ1) is 13.3. The minimum Gasteiger partial charge on any atom is -0.465 e. The number of hydrogen-bond donors (Lipinski definition) is 2. The lowest BCUT2D eigenvalue weighted by atomic mass is 10.1. The highest BCUT2D eigenvalue weighted by Gasteiger charge is 2.18. The van der Waals surface area contributed by atoms with Gasteiger partial charge in [-0.2, -0.15) is 0 Å². The van der Waals surface area contributed by atoms with Gasteiger partial charge in [-0.3, -0.25) is 14.4 Å². The molecule has 0 spiro atoms. The molecule has 0 aliphatic rings. The van der Waals surface area contributed by atoms with Crippen molar-refractivity contribution in [1.82, 2.24) is 0 Å². The molecule has 0 heterocycles. The molecule has 8 heteroatoms. The summed E-state index contributed by atoms with van der Waals surface area (Å²) in [7, 11) is 1.25. The summed E-state index contributed by atoms with van der Waals surface area (Å²) in [6.45, 7) is 2.44. The molecular weight excluding hydrogens is 362 g/mol. The van der Waals surface area contributed by atoms with E-state index in [1.165, 1.54) is 31.9 Å². The zero-order valence-electron chi connectivity index (χ0n) is 15.8. The lowest BCUT2D eigenvalue weighted by molar-refractivity contribution is -0.120. The van der Waals surface area contributed by atoms with Gasteiger partial charge in [-0.05, 0) is 30.3 Å². The van der Waals surface area contributed by atoms with Gasteiger partial charge in [0.15, 0.2) is 0 Å². The molecule has 8 nitrogen and oxygen atoms in total. The molecule has 2 aromatic rings. The minimum atomic E-state index is -0.581. The highest BCUT2D eigenvalue weighted by Crippen LogP contribution is 2.21. The summed E-state index contributed by atoms with van der Waals surface area (Å²) < 4.78 is 4.70. The van der Waals surface area contributed by atoms with E-state index in [-0.39, 0.29) is 29.6 Å². The molecular formula is C20H21N3O5. The third kappa shape index (κ3) is 5.41. The smallest absolute Gasteiger partial charge is 0.339 e. The Morgan fingerprint density at radius 2 is 1.68 bits per heavy atom. The second-order valence-electron chi connectivity index (χ2n) is 5.92. The van der Waals surface area contributed by atoms with Crippen LogP contribution in [0.1, 0.15) is 24.2 Å². The van der Waals surface area contributed by atoms with Crippen molar-refractivity contribution in [3.8, 4) is 0 Å². The molecule has 2 N–H and O–H groups in total. The lowest BCUT2D eigenvalue weighted by Crippen LogP contribution is -2.37. The maximum absolute atomic E-state index is 12.5. The fraction of sp³-hybridized carbons (Fsp3) is 0.200. The van der Waals surface area contributed by atoms with Gasteiger partial charge in [-0.25, -0.2) is 4.79 Å². The van der Waals surface area contributed by atoms with E-state index in [1.54, 1.807) is 42.5 Å². The van der Waals surface area contributed by atoms with Crippen molar-refractivity contribution in [2.45, 2.75) is 13.8 Å². The van der Waals surface area contributed by atoms with Crippen LogP contribution in [-0.4, -0.2) is 37.3 Å². The lowest BCUT2D eigenvalue weighted by Gasteiger charge is -2.21. The van der Waals surface area contributed by atoms with Gasteiger partial charge >= 0.3 is 5.97 Å². The normalized spacial score (nSPS) is 9.96. The van der Waals surface area contributed by atoms with Crippen LogP contribution in [0.2, 0.25) is 0 Å². The molecule has 2 aromatic carbocycles. The number of rotatable bonds is 6. The highest BCUT2D eigenvalue weighted by molar-refractivity contribution is 6.05. The van der Waals surface area contributed by atoms with Gasteiger partial charge in [0.25, 0.3) is 0 Å². The van der Waals surface area contributed by atoms with Gasteiger partial charge in [0.1, 0.15) is 6.54 Å². The van der Waals surface area contributed by atoms with Crippen LogP contribution in [0.5, 0.6) is 0 Å². The van der Waals surface area contributed by atoms with Crippen molar-refractivity contribution in [3.63, 3.8) is 0 Å². The van der Waals surface area contributed by atoms with Crippen LogP contribution < -0.4 is 15.5 Å². The van der Waals surface area contributed by atoms with Crippen LogP contribution in [0, 0.1) is 0 Å². The number of carbonyl (C=O) groups excluding carboxylic acids is 4. The summed E-state index contributed by atoms with van der Waals surface area (Å²) in [5.41, 5.74) is 1.46. The Morgan fingerprint density at radius 3 is 2.32 bits per heavy atom. The topological polar surface area (TPSA) is 105 Å². The van der Waals surface area contributed by atoms with Gasteiger partial charge in [0.05, 0.1) is 18.4 Å². The monoisotopic (exact) mass is 383 g/mol. The molecule has 0 fully saturated rings. The Labute approximate surface area is 162 Å². The molecule has 3 amide bonds. The average Bonchev–Trinajstić information content (AvgIpc) is 2.65. The van der Waals surface area contributed by atoms with Crippen molar-refractivity contribution in [2.75, 3.05) is 29.2 Å². The number of carbonyl (C=O) groups is 4. The van der Waals surface area contributed by atoms with Crippen LogP contribution in [0.15, 0.2) is 48.5 Å². The number of esters is 1. The minimum absolute atomic E-state index is 0.209. The zero-order chi connectivity index (χ0) is 20.7. The van der Waals surface area contributed by atoms with E-state index in [0.717, 1.165) is 0 Å². The van der Waals surface area contributed by atoms with E-state index < -0.39 is 11.9 Å². The van der Waals surface area contributed by atoms with Gasteiger partial charge in [-0.1, -0.05) is 18.2 Å². The molecule has 0 aliphatic heterocycles. The largest absolute Gasteiger partial charge is 0.465 e. The van der Waals surface area contributed by atoms with E-state index in [2.05, 4.69) is 10.6 Å². The summed E-state index contributed by atoms with van der Waals surface area (Å²) in [4.78, 5) is 48.9. The fourth-order valence-corrected chi connectivity index (χ4v) is 2.55. The van der Waals surface area contributed by atoms with E-state index in [1.807, 2.05) is 0 Å². The molecule has 0 aromatic heterocycles. The maximum atomic E-state index is 12.5. The van der Waals surface area contributed by atoms with Crippen molar-refractivity contribution >= 4 is 40.8 Å². The molecule has 0 radical (unpaired) electrons. The van der Waals surface area contributed by atoms with Gasteiger partial charge in [0.2, 0.25) is 17.7 Å². The summed E-state index contributed by atoms with van der Waals surface area (Å²) in [5, 5.41) is 5.25. The first kappa shape index (κ1) is 20.6. The second-order valence-corrected chi connectivity index (χ2v) is 5.92.